The Balaban J connectivity index is 2.39. The summed E-state index contributed by atoms with van der Waals surface area (Å²) in [7, 11) is 5.84. The fourth-order valence-corrected chi connectivity index (χ4v) is 5.24. The third-order valence-corrected chi connectivity index (χ3v) is 6.75. The minimum absolute atomic E-state index is 1.10. The molecule has 0 saturated carbocycles. The highest BCUT2D eigenvalue weighted by atomic mass is 28.4. The maximum Gasteiger partial charge on any atom is 0.427 e. The monoisotopic (exact) mass is 232 g/mol. The Kier molecular flexibility index (Phi) is 5.21. The first-order chi connectivity index (χ1) is 7.14. The Morgan fingerprint density at radius 2 is 1.93 bits per heavy atom. The second-order valence-electron chi connectivity index (χ2n) is 4.37. The Morgan fingerprint density at radius 3 is 2.47 bits per heavy atom. The van der Waals surface area contributed by atoms with E-state index in [9.17, 15) is 0 Å². The minimum Gasteiger partial charge on any atom is -0.386 e. The van der Waals surface area contributed by atoms with Gasteiger partial charge in [-0.2, -0.15) is 0 Å². The summed E-state index contributed by atoms with van der Waals surface area (Å²) >= 11 is 0. The lowest BCUT2D eigenvalue weighted by Crippen LogP contribution is -2.53. The third-order valence-electron chi connectivity index (χ3n) is 3.07. The van der Waals surface area contributed by atoms with E-state index >= 15 is 0 Å². The summed E-state index contributed by atoms with van der Waals surface area (Å²) in [5, 5.41) is 0. The third kappa shape index (κ3) is 3.25. The molecule has 5 heteroatoms. The highest BCUT2D eigenvalue weighted by Crippen LogP contribution is 2.26. The zero-order valence-electron chi connectivity index (χ0n) is 10.5. The molecule has 90 valence electrons. The van der Waals surface area contributed by atoms with Gasteiger partial charge >= 0.3 is 8.72 Å². The van der Waals surface area contributed by atoms with Gasteiger partial charge in [-0.3, -0.25) is 4.57 Å². The van der Waals surface area contributed by atoms with E-state index in [2.05, 4.69) is 23.6 Å². The van der Waals surface area contributed by atoms with Gasteiger partial charge in [0.2, 0.25) is 0 Å². The molecule has 0 bridgehead atoms. The van der Waals surface area contributed by atoms with Gasteiger partial charge in [0.1, 0.15) is 0 Å². The second-order valence-corrected chi connectivity index (χ2v) is 7.74. The molecule has 0 atom stereocenters. The summed E-state index contributed by atoms with van der Waals surface area (Å²) in [4.78, 5) is 2.22. The van der Waals surface area contributed by atoms with Gasteiger partial charge in [0.15, 0.2) is 0 Å². The molecule has 1 heterocycles. The molecule has 1 fully saturated rings. The van der Waals surface area contributed by atoms with Gasteiger partial charge in [-0.1, -0.05) is 0 Å². The Morgan fingerprint density at radius 1 is 1.27 bits per heavy atom. The van der Waals surface area contributed by atoms with Crippen molar-refractivity contribution in [3.63, 3.8) is 0 Å². The molecule has 1 aliphatic heterocycles. The van der Waals surface area contributed by atoms with Crippen molar-refractivity contribution in [2.24, 2.45) is 0 Å². The lowest BCUT2D eigenvalue weighted by atomic mass is 10.4. The summed E-state index contributed by atoms with van der Waals surface area (Å²) in [6.07, 6.45) is 2.41. The molecule has 0 unspecified atom stereocenters. The summed E-state index contributed by atoms with van der Waals surface area (Å²) < 4.78 is 13.7. The predicted octanol–water partition coefficient (Wildman–Crippen LogP) is 0.876. The van der Waals surface area contributed by atoms with E-state index in [1.807, 2.05) is 0 Å². The zero-order chi connectivity index (χ0) is 11.3. The van der Waals surface area contributed by atoms with Crippen molar-refractivity contribution >= 4 is 8.72 Å². The average Bonchev–Trinajstić information content (AvgIpc) is 2.61. The van der Waals surface area contributed by atoms with E-state index in [0.717, 1.165) is 25.7 Å². The predicted molar refractivity (Wildman–Crippen MR) is 63.9 cm³/mol. The topological polar surface area (TPSA) is 24.9 Å². The van der Waals surface area contributed by atoms with Crippen LogP contribution < -0.4 is 0 Å². The normalized spacial score (nSPS) is 21.4. The van der Waals surface area contributed by atoms with E-state index in [1.165, 1.54) is 12.8 Å². The molecule has 1 saturated heterocycles. The molecule has 0 aromatic heterocycles. The van der Waals surface area contributed by atoms with Crippen LogP contribution >= 0.6 is 0 Å². The van der Waals surface area contributed by atoms with Crippen LogP contribution in [0.15, 0.2) is 0 Å². The van der Waals surface area contributed by atoms with Gasteiger partial charge < -0.3 is 13.8 Å². The van der Waals surface area contributed by atoms with Crippen LogP contribution in [-0.2, 0) is 8.85 Å². The van der Waals surface area contributed by atoms with Gasteiger partial charge in [-0.15, -0.1) is 0 Å². The number of hydrogen-bond donors (Lipinski definition) is 0. The first-order valence-electron chi connectivity index (χ1n) is 5.65. The van der Waals surface area contributed by atoms with Crippen LogP contribution in [0.4, 0.5) is 0 Å². The Hall–Kier alpha value is 0.0569. The SMILES string of the molecule is CO[Si]1(OC)CCCN1CCCN(C)C. The quantitative estimate of drug-likeness (QED) is 0.635. The van der Waals surface area contributed by atoms with Crippen LogP contribution in [0.5, 0.6) is 0 Å². The molecule has 0 radical (unpaired) electrons. The van der Waals surface area contributed by atoms with Crippen molar-refractivity contribution < 1.29 is 8.85 Å². The molecule has 0 N–H and O–H groups in total. The standard InChI is InChI=1S/C10H24N2O2Si/c1-11(2)7-5-8-12-9-6-10-15(12,13-3)14-4/h5-10H2,1-4H3. The lowest BCUT2D eigenvalue weighted by molar-refractivity contribution is 0.179. The van der Waals surface area contributed by atoms with Crippen molar-refractivity contribution in [2.45, 2.75) is 18.9 Å². The van der Waals surface area contributed by atoms with Crippen molar-refractivity contribution in [2.75, 3.05) is 47.9 Å². The highest BCUT2D eigenvalue weighted by molar-refractivity contribution is 6.65. The largest absolute Gasteiger partial charge is 0.427 e. The molecule has 1 rings (SSSR count). The van der Waals surface area contributed by atoms with Crippen LogP contribution in [0, 0.1) is 0 Å². The minimum atomic E-state index is -1.97. The van der Waals surface area contributed by atoms with Crippen molar-refractivity contribution in [1.82, 2.24) is 9.47 Å². The molecule has 1 aliphatic rings. The van der Waals surface area contributed by atoms with Gasteiger partial charge in [0, 0.05) is 20.3 Å². The van der Waals surface area contributed by atoms with Gasteiger partial charge in [-0.25, -0.2) is 0 Å². The van der Waals surface area contributed by atoms with Gasteiger partial charge in [0.05, 0.1) is 0 Å². The summed E-state index contributed by atoms with van der Waals surface area (Å²) in [6.45, 7) is 3.38. The van der Waals surface area contributed by atoms with Crippen molar-refractivity contribution in [1.29, 1.82) is 0 Å². The molecule has 0 amide bonds. The molecular weight excluding hydrogens is 208 g/mol. The van der Waals surface area contributed by atoms with Crippen molar-refractivity contribution in [3.05, 3.63) is 0 Å². The summed E-state index contributed by atoms with van der Waals surface area (Å²) in [5.74, 6) is 0. The van der Waals surface area contributed by atoms with Crippen LogP contribution in [0.1, 0.15) is 12.8 Å². The van der Waals surface area contributed by atoms with Crippen LogP contribution in [-0.4, -0.2) is 66.1 Å². The fourth-order valence-electron chi connectivity index (χ4n) is 2.23. The maximum atomic E-state index is 5.65. The number of nitrogens with zero attached hydrogens (tertiary/aromatic N) is 2. The average molecular weight is 232 g/mol. The first kappa shape index (κ1) is 13.1. The van der Waals surface area contributed by atoms with Crippen LogP contribution in [0.2, 0.25) is 6.04 Å². The van der Waals surface area contributed by atoms with Gasteiger partial charge in [-0.05, 0) is 46.6 Å². The van der Waals surface area contributed by atoms with E-state index < -0.39 is 8.72 Å². The van der Waals surface area contributed by atoms with Crippen LogP contribution in [0.3, 0.4) is 0 Å². The van der Waals surface area contributed by atoms with Crippen molar-refractivity contribution in [3.8, 4) is 0 Å². The summed E-state index contributed by atoms with van der Waals surface area (Å²) in [6, 6.07) is 1.11. The molecule has 0 aliphatic carbocycles. The molecular formula is C10H24N2O2Si. The highest BCUT2D eigenvalue weighted by Gasteiger charge is 2.46. The van der Waals surface area contributed by atoms with E-state index in [1.54, 1.807) is 14.2 Å². The number of rotatable bonds is 6. The smallest absolute Gasteiger partial charge is 0.386 e. The molecule has 0 aromatic carbocycles. The van der Waals surface area contributed by atoms with Gasteiger partial charge in [0.25, 0.3) is 0 Å². The van der Waals surface area contributed by atoms with E-state index in [-0.39, 0.29) is 0 Å². The second kappa shape index (κ2) is 5.96. The van der Waals surface area contributed by atoms with E-state index in [0.29, 0.717) is 0 Å². The molecule has 4 nitrogen and oxygen atoms in total. The van der Waals surface area contributed by atoms with Crippen LogP contribution in [0.25, 0.3) is 0 Å². The first-order valence-corrected chi connectivity index (χ1v) is 7.62. The number of hydrogen-bond acceptors (Lipinski definition) is 4. The molecule has 0 spiro atoms. The Bertz CT molecular complexity index is 186. The zero-order valence-corrected chi connectivity index (χ0v) is 11.5. The maximum absolute atomic E-state index is 5.65. The van der Waals surface area contributed by atoms with E-state index in [4.69, 9.17) is 8.85 Å². The lowest BCUT2D eigenvalue weighted by Gasteiger charge is -2.32. The Labute approximate surface area is 94.5 Å². The molecule has 0 aromatic rings. The fraction of sp³-hybridized carbons (Fsp3) is 1.00. The summed E-state index contributed by atoms with van der Waals surface area (Å²) in [5.41, 5.74) is 0. The molecule has 15 heavy (non-hydrogen) atoms.